The molecule has 3 unspecified atom stereocenters. The third-order valence-corrected chi connectivity index (χ3v) is 6.09. The number of imidazole rings is 1. The van der Waals surface area contributed by atoms with Crippen LogP contribution in [-0.2, 0) is 4.74 Å². The second-order valence-corrected chi connectivity index (χ2v) is 8.18. The maximum absolute atomic E-state index is 5.53. The van der Waals surface area contributed by atoms with Crippen molar-refractivity contribution in [2.75, 3.05) is 53.0 Å². The number of nitrogens with zero attached hydrogens (tertiary/aromatic N) is 5. The molecule has 1 aromatic heterocycles. The van der Waals surface area contributed by atoms with Crippen molar-refractivity contribution in [2.45, 2.75) is 39.3 Å². The van der Waals surface area contributed by atoms with E-state index in [4.69, 9.17) is 4.74 Å². The molecule has 0 spiro atoms. The van der Waals surface area contributed by atoms with Crippen LogP contribution in [0.5, 0.6) is 0 Å². The van der Waals surface area contributed by atoms with Crippen molar-refractivity contribution in [3.05, 3.63) is 18.7 Å². The lowest BCUT2D eigenvalue weighted by Crippen LogP contribution is -2.54. The van der Waals surface area contributed by atoms with Crippen LogP contribution in [0.1, 0.15) is 33.2 Å². The molecule has 0 radical (unpaired) electrons. The Morgan fingerprint density at radius 1 is 1.30 bits per heavy atom. The zero-order chi connectivity index (χ0) is 19.2. The Hall–Kier alpha value is -1.60. The van der Waals surface area contributed by atoms with Gasteiger partial charge in [-0.3, -0.25) is 9.89 Å². The van der Waals surface area contributed by atoms with Gasteiger partial charge < -0.3 is 19.5 Å². The summed E-state index contributed by atoms with van der Waals surface area (Å²) in [7, 11) is 1.89. The molecule has 2 fully saturated rings. The van der Waals surface area contributed by atoms with Crippen LogP contribution in [0.4, 0.5) is 0 Å². The molecule has 0 bridgehead atoms. The van der Waals surface area contributed by atoms with Gasteiger partial charge in [0.05, 0.1) is 25.6 Å². The molecule has 0 aromatic carbocycles. The standard InChI is InChI=1S/C20H36N6O/c1-16(2)18(24-9-11-27-12-10-24)13-23-20(21-4)25-7-5-17(3)19(14-25)26-8-6-22-15-26/h6,8,15-19H,5,7,9-14H2,1-4H3,(H,21,23). The van der Waals surface area contributed by atoms with Crippen LogP contribution in [0.3, 0.4) is 0 Å². The Morgan fingerprint density at radius 3 is 2.70 bits per heavy atom. The maximum atomic E-state index is 5.53. The van der Waals surface area contributed by atoms with Crippen molar-refractivity contribution in [3.63, 3.8) is 0 Å². The molecular formula is C20H36N6O. The van der Waals surface area contributed by atoms with Crippen LogP contribution in [0.2, 0.25) is 0 Å². The van der Waals surface area contributed by atoms with Crippen molar-refractivity contribution >= 4 is 5.96 Å². The Labute approximate surface area is 163 Å². The van der Waals surface area contributed by atoms with Crippen LogP contribution in [0, 0.1) is 11.8 Å². The number of aromatic nitrogens is 2. The molecular weight excluding hydrogens is 340 g/mol. The Kier molecular flexibility index (Phi) is 7.13. The number of hydrogen-bond acceptors (Lipinski definition) is 4. The number of piperidine rings is 1. The number of morpholine rings is 1. The van der Waals surface area contributed by atoms with E-state index in [2.05, 4.69) is 56.6 Å². The van der Waals surface area contributed by atoms with E-state index < -0.39 is 0 Å². The Morgan fingerprint density at radius 2 is 2.07 bits per heavy atom. The summed E-state index contributed by atoms with van der Waals surface area (Å²) in [5.41, 5.74) is 0. The number of nitrogens with one attached hydrogen (secondary N) is 1. The highest BCUT2D eigenvalue weighted by Crippen LogP contribution is 2.27. The minimum atomic E-state index is 0.444. The van der Waals surface area contributed by atoms with Gasteiger partial charge in [0.25, 0.3) is 0 Å². The van der Waals surface area contributed by atoms with Gasteiger partial charge in [-0.25, -0.2) is 4.98 Å². The zero-order valence-corrected chi connectivity index (χ0v) is 17.3. The molecule has 152 valence electrons. The fourth-order valence-corrected chi connectivity index (χ4v) is 4.32. The predicted molar refractivity (Wildman–Crippen MR) is 109 cm³/mol. The summed E-state index contributed by atoms with van der Waals surface area (Å²) < 4.78 is 7.77. The molecule has 3 atom stereocenters. The maximum Gasteiger partial charge on any atom is 0.193 e. The molecule has 7 heteroatoms. The number of ether oxygens (including phenoxy) is 1. The second kappa shape index (κ2) is 9.55. The lowest BCUT2D eigenvalue weighted by molar-refractivity contribution is 0.00734. The third kappa shape index (κ3) is 5.02. The van der Waals surface area contributed by atoms with E-state index in [0.717, 1.165) is 51.9 Å². The first-order valence-electron chi connectivity index (χ1n) is 10.3. The van der Waals surface area contributed by atoms with Crippen molar-refractivity contribution in [1.82, 2.24) is 24.7 Å². The van der Waals surface area contributed by atoms with Crippen LogP contribution in [0.25, 0.3) is 0 Å². The first-order chi connectivity index (χ1) is 13.1. The van der Waals surface area contributed by atoms with E-state index in [9.17, 15) is 0 Å². The molecule has 2 aliphatic rings. The van der Waals surface area contributed by atoms with Gasteiger partial charge >= 0.3 is 0 Å². The SMILES string of the molecule is CN=C(NCC(C(C)C)N1CCOCC1)N1CCC(C)C(n2ccnc2)C1. The average molecular weight is 377 g/mol. The number of hydrogen-bond donors (Lipinski definition) is 1. The summed E-state index contributed by atoms with van der Waals surface area (Å²) in [5.74, 6) is 2.25. The van der Waals surface area contributed by atoms with E-state index in [1.807, 2.05) is 19.6 Å². The fourth-order valence-electron chi connectivity index (χ4n) is 4.32. The van der Waals surface area contributed by atoms with Gasteiger partial charge in [-0.15, -0.1) is 0 Å². The summed E-state index contributed by atoms with van der Waals surface area (Å²) in [4.78, 5) is 13.8. The quantitative estimate of drug-likeness (QED) is 0.626. The highest BCUT2D eigenvalue weighted by atomic mass is 16.5. The average Bonchev–Trinajstić information content (AvgIpc) is 3.21. The van der Waals surface area contributed by atoms with Gasteiger partial charge in [-0.05, 0) is 18.3 Å². The van der Waals surface area contributed by atoms with Gasteiger partial charge in [0.2, 0.25) is 0 Å². The molecule has 3 rings (SSSR count). The highest BCUT2D eigenvalue weighted by Gasteiger charge is 2.30. The number of guanidine groups is 1. The van der Waals surface area contributed by atoms with Crippen molar-refractivity contribution in [2.24, 2.45) is 16.8 Å². The molecule has 7 nitrogen and oxygen atoms in total. The van der Waals surface area contributed by atoms with Crippen LogP contribution in [0.15, 0.2) is 23.7 Å². The summed E-state index contributed by atoms with van der Waals surface area (Å²) in [6.45, 7) is 13.6. The second-order valence-electron chi connectivity index (χ2n) is 8.18. The molecule has 2 aliphatic heterocycles. The minimum Gasteiger partial charge on any atom is -0.379 e. The third-order valence-electron chi connectivity index (χ3n) is 6.09. The smallest absolute Gasteiger partial charge is 0.193 e. The predicted octanol–water partition coefficient (Wildman–Crippen LogP) is 1.70. The van der Waals surface area contributed by atoms with Gasteiger partial charge in [0, 0.05) is 58.2 Å². The van der Waals surface area contributed by atoms with Crippen molar-refractivity contribution in [3.8, 4) is 0 Å². The monoisotopic (exact) mass is 376 g/mol. The van der Waals surface area contributed by atoms with E-state index >= 15 is 0 Å². The summed E-state index contributed by atoms with van der Waals surface area (Å²) >= 11 is 0. The molecule has 2 saturated heterocycles. The fraction of sp³-hybridized carbons (Fsp3) is 0.800. The summed E-state index contributed by atoms with van der Waals surface area (Å²) in [6.07, 6.45) is 7.05. The van der Waals surface area contributed by atoms with Crippen molar-refractivity contribution in [1.29, 1.82) is 0 Å². The van der Waals surface area contributed by atoms with Crippen molar-refractivity contribution < 1.29 is 4.74 Å². The summed E-state index contributed by atoms with van der Waals surface area (Å²) in [5, 5.41) is 3.67. The number of rotatable bonds is 5. The normalized spacial score (nSPS) is 26.4. The van der Waals surface area contributed by atoms with Crippen LogP contribution >= 0.6 is 0 Å². The minimum absolute atomic E-state index is 0.444. The Bertz CT molecular complexity index is 581. The largest absolute Gasteiger partial charge is 0.379 e. The Balaban J connectivity index is 1.60. The first-order valence-corrected chi connectivity index (χ1v) is 10.3. The van der Waals surface area contributed by atoms with Crippen LogP contribution in [-0.4, -0.2) is 84.3 Å². The number of aliphatic imine (C=N–C) groups is 1. The lowest BCUT2D eigenvalue weighted by Gasteiger charge is -2.41. The molecule has 0 amide bonds. The van der Waals surface area contributed by atoms with Crippen LogP contribution < -0.4 is 5.32 Å². The molecule has 3 heterocycles. The van der Waals surface area contributed by atoms with Gasteiger partial charge in [0.1, 0.15) is 0 Å². The number of likely N-dealkylation sites (tertiary alicyclic amines) is 1. The zero-order valence-electron chi connectivity index (χ0n) is 17.3. The molecule has 0 saturated carbocycles. The van der Waals surface area contributed by atoms with E-state index in [0.29, 0.717) is 23.9 Å². The molecule has 1 aromatic rings. The lowest BCUT2D eigenvalue weighted by atomic mass is 9.93. The summed E-state index contributed by atoms with van der Waals surface area (Å²) in [6, 6.07) is 0.943. The van der Waals surface area contributed by atoms with E-state index in [1.54, 1.807) is 0 Å². The molecule has 1 N–H and O–H groups in total. The van der Waals surface area contributed by atoms with Gasteiger partial charge in [-0.2, -0.15) is 0 Å². The topological polar surface area (TPSA) is 57.9 Å². The van der Waals surface area contributed by atoms with Gasteiger partial charge in [0.15, 0.2) is 5.96 Å². The first kappa shape index (κ1) is 20.1. The molecule has 27 heavy (non-hydrogen) atoms. The molecule has 0 aliphatic carbocycles. The van der Waals surface area contributed by atoms with E-state index in [1.165, 1.54) is 6.42 Å². The van der Waals surface area contributed by atoms with Gasteiger partial charge in [-0.1, -0.05) is 20.8 Å². The highest BCUT2D eigenvalue weighted by molar-refractivity contribution is 5.80. The van der Waals surface area contributed by atoms with E-state index in [-0.39, 0.29) is 0 Å².